The Labute approximate surface area is 295 Å². The fourth-order valence-corrected chi connectivity index (χ4v) is 8.04. The van der Waals surface area contributed by atoms with Gasteiger partial charge in [-0.1, -0.05) is 18.2 Å². The molecule has 2 aliphatic rings. The number of benzene rings is 2. The second-order valence-corrected chi connectivity index (χ2v) is 14.6. The third-order valence-electron chi connectivity index (χ3n) is 10.6. The molecule has 1 fully saturated rings. The second kappa shape index (κ2) is 14.7. The van der Waals surface area contributed by atoms with Gasteiger partial charge in [-0.25, -0.2) is 0 Å². The molecule has 5 rings (SSSR count). The summed E-state index contributed by atoms with van der Waals surface area (Å²) >= 11 is 0. The first-order valence-electron chi connectivity index (χ1n) is 17.7. The number of rotatable bonds is 12. The number of aromatic amines is 1. The highest BCUT2D eigenvalue weighted by molar-refractivity contribution is 5.93. The quantitative estimate of drug-likeness (QED) is 0.282. The van der Waals surface area contributed by atoms with Gasteiger partial charge in [0.2, 0.25) is 23.6 Å². The number of hydrogen-bond acceptors (Lipinski definition) is 6. The first-order valence-corrected chi connectivity index (χ1v) is 17.7. The van der Waals surface area contributed by atoms with E-state index >= 15 is 0 Å². The molecule has 3 atom stereocenters. The number of aryl methyl sites for hydroxylation is 1. The smallest absolute Gasteiger partial charge is 0.228 e. The number of nitrogens with zero attached hydrogens (tertiary/aromatic N) is 3. The highest BCUT2D eigenvalue weighted by atomic mass is 16.5. The molecule has 2 aromatic carbocycles. The van der Waals surface area contributed by atoms with Crippen LogP contribution in [-0.2, 0) is 44.1 Å². The fourth-order valence-electron chi connectivity index (χ4n) is 8.04. The van der Waals surface area contributed by atoms with Gasteiger partial charge in [0.1, 0.15) is 0 Å². The molecule has 0 saturated carbocycles. The second-order valence-electron chi connectivity index (χ2n) is 14.6. The van der Waals surface area contributed by atoms with E-state index < -0.39 is 17.4 Å². The summed E-state index contributed by atoms with van der Waals surface area (Å²) in [6.07, 6.45) is 1.91. The Morgan fingerprint density at radius 1 is 1.00 bits per heavy atom. The molecule has 2 N–H and O–H groups in total. The van der Waals surface area contributed by atoms with E-state index in [4.69, 9.17) is 9.47 Å². The van der Waals surface area contributed by atoms with Crippen LogP contribution < -0.4 is 14.8 Å². The summed E-state index contributed by atoms with van der Waals surface area (Å²) in [5.74, 6) is -0.341. The van der Waals surface area contributed by atoms with Crippen LogP contribution in [0.1, 0.15) is 76.3 Å². The largest absolute Gasteiger partial charge is 0.493 e. The van der Waals surface area contributed by atoms with Crippen LogP contribution in [0, 0.1) is 11.8 Å². The summed E-state index contributed by atoms with van der Waals surface area (Å²) < 4.78 is 10.7. The summed E-state index contributed by atoms with van der Waals surface area (Å²) in [5, 5.41) is 4.04. The van der Waals surface area contributed by atoms with E-state index in [0.29, 0.717) is 37.3 Å². The number of carbonyl (C=O) groups excluding carboxylic acids is 4. The number of piperidine rings is 1. The zero-order valence-corrected chi connectivity index (χ0v) is 31.0. The molecule has 1 aromatic heterocycles. The summed E-state index contributed by atoms with van der Waals surface area (Å²) in [4.78, 5) is 63.8. The molecule has 3 aromatic rings. The lowest BCUT2D eigenvalue weighted by atomic mass is 9.67. The zero-order valence-electron chi connectivity index (χ0n) is 31.0. The maximum Gasteiger partial charge on any atom is 0.228 e. The van der Waals surface area contributed by atoms with Gasteiger partial charge in [-0.2, -0.15) is 0 Å². The molecule has 0 spiro atoms. The van der Waals surface area contributed by atoms with Crippen LogP contribution in [0.15, 0.2) is 36.4 Å². The zero-order chi connectivity index (χ0) is 36.5. The molecule has 0 unspecified atom stereocenters. The van der Waals surface area contributed by atoms with Crippen LogP contribution in [0.25, 0.3) is 10.9 Å². The van der Waals surface area contributed by atoms with E-state index in [2.05, 4.69) is 28.5 Å². The van der Waals surface area contributed by atoms with Crippen molar-refractivity contribution in [2.45, 2.75) is 90.9 Å². The van der Waals surface area contributed by atoms with Crippen molar-refractivity contribution in [1.29, 1.82) is 0 Å². The predicted molar refractivity (Wildman–Crippen MR) is 193 cm³/mol. The minimum absolute atomic E-state index is 0.0135. The molecule has 0 aliphatic carbocycles. The lowest BCUT2D eigenvalue weighted by molar-refractivity contribution is -0.166. The summed E-state index contributed by atoms with van der Waals surface area (Å²) in [6.45, 7) is 10.8. The van der Waals surface area contributed by atoms with Crippen LogP contribution in [-0.4, -0.2) is 90.3 Å². The number of methoxy groups -OCH3 is 2. The highest BCUT2D eigenvalue weighted by Crippen LogP contribution is 2.50. The van der Waals surface area contributed by atoms with Gasteiger partial charge in [0.25, 0.3) is 0 Å². The van der Waals surface area contributed by atoms with Crippen molar-refractivity contribution in [3.63, 3.8) is 0 Å². The lowest BCUT2D eigenvalue weighted by Gasteiger charge is -2.54. The summed E-state index contributed by atoms with van der Waals surface area (Å²) in [5.41, 5.74) is 3.89. The number of aromatic nitrogens is 1. The van der Waals surface area contributed by atoms with Crippen molar-refractivity contribution >= 4 is 34.5 Å². The van der Waals surface area contributed by atoms with E-state index in [1.165, 1.54) is 0 Å². The highest BCUT2D eigenvalue weighted by Gasteiger charge is 2.57. The molecule has 50 heavy (non-hydrogen) atoms. The van der Waals surface area contributed by atoms with Crippen LogP contribution in [0.2, 0.25) is 0 Å². The van der Waals surface area contributed by atoms with E-state index in [1.807, 2.05) is 56.6 Å². The van der Waals surface area contributed by atoms with Gasteiger partial charge in [-0.15, -0.1) is 0 Å². The molecular formula is C39H53N5O6. The van der Waals surface area contributed by atoms with Gasteiger partial charge >= 0.3 is 0 Å². The minimum atomic E-state index is -0.934. The van der Waals surface area contributed by atoms with Crippen LogP contribution in [0.3, 0.4) is 0 Å². The standard InChI is InChI=1S/C39H53N5O6/c1-23(2)44(24(3)4)38(48)30-20-27(21-34(45)40-22-26-11-14-32(49-8)33(19-26)50-9)37(47)43-17-16-29-28-13-10-25(12-15-35(46)42(6)7)18-31(28)41-36(29)39(30,43)5/h10-11,13-14,18-19,23-24,27,30,41H,12,15-17,20-22H2,1-9H3,(H,40,45)/t27-,30-,39+/m1/s1. The first-order chi connectivity index (χ1) is 23.7. The Morgan fingerprint density at radius 3 is 2.32 bits per heavy atom. The van der Waals surface area contributed by atoms with Gasteiger partial charge < -0.3 is 34.5 Å². The number of amides is 4. The molecule has 4 amide bonds. The Hall–Kier alpha value is -4.54. The molecular weight excluding hydrogens is 634 g/mol. The number of hydrogen-bond donors (Lipinski definition) is 2. The Bertz CT molecular complexity index is 1750. The number of ether oxygens (including phenoxy) is 2. The molecule has 0 bridgehead atoms. The molecule has 3 heterocycles. The molecule has 11 heteroatoms. The third kappa shape index (κ3) is 6.91. The predicted octanol–water partition coefficient (Wildman–Crippen LogP) is 4.79. The van der Waals surface area contributed by atoms with Gasteiger partial charge in [0.05, 0.1) is 25.7 Å². The number of carbonyl (C=O) groups is 4. The van der Waals surface area contributed by atoms with Gasteiger partial charge in [-0.05, 0) is 88.8 Å². The van der Waals surface area contributed by atoms with E-state index in [9.17, 15) is 19.2 Å². The van der Waals surface area contributed by atoms with Gasteiger partial charge in [0.15, 0.2) is 11.5 Å². The Morgan fingerprint density at radius 2 is 1.68 bits per heavy atom. The summed E-state index contributed by atoms with van der Waals surface area (Å²) in [6, 6.07) is 11.6. The van der Waals surface area contributed by atoms with Crippen molar-refractivity contribution in [3.05, 3.63) is 58.8 Å². The van der Waals surface area contributed by atoms with Crippen molar-refractivity contribution in [1.82, 2.24) is 25.0 Å². The topological polar surface area (TPSA) is 124 Å². The van der Waals surface area contributed by atoms with Crippen LogP contribution >= 0.6 is 0 Å². The normalized spacial score (nSPS) is 20.1. The maximum atomic E-state index is 14.7. The first kappa shape index (κ1) is 36.7. The van der Waals surface area contributed by atoms with Crippen molar-refractivity contribution in [2.24, 2.45) is 11.8 Å². The molecule has 270 valence electrons. The maximum absolute atomic E-state index is 14.7. The minimum Gasteiger partial charge on any atom is -0.493 e. The Balaban J connectivity index is 1.45. The number of fused-ring (bicyclic) bond motifs is 5. The monoisotopic (exact) mass is 687 g/mol. The summed E-state index contributed by atoms with van der Waals surface area (Å²) in [7, 11) is 6.66. The number of nitrogens with one attached hydrogen (secondary N) is 2. The number of H-pyrrole nitrogens is 1. The van der Waals surface area contributed by atoms with Crippen LogP contribution in [0.5, 0.6) is 11.5 Å². The van der Waals surface area contributed by atoms with E-state index in [1.54, 1.807) is 39.3 Å². The SMILES string of the molecule is COc1ccc(CNC(=O)C[C@H]2C[C@H](C(=O)N(C(C)C)C(C)C)[C@@]3(C)c4[nH]c5cc(CCC(=O)N(C)C)ccc5c4CCN3C2=O)cc1OC. The lowest BCUT2D eigenvalue weighted by Crippen LogP contribution is -2.65. The molecule has 2 aliphatic heterocycles. The van der Waals surface area contributed by atoms with Gasteiger partial charge in [-0.3, -0.25) is 19.2 Å². The van der Waals surface area contributed by atoms with Crippen molar-refractivity contribution < 1.29 is 28.7 Å². The fraction of sp³-hybridized carbons (Fsp3) is 0.538. The van der Waals surface area contributed by atoms with E-state index in [0.717, 1.165) is 33.3 Å². The molecule has 0 radical (unpaired) electrons. The average Bonchev–Trinajstić information content (AvgIpc) is 3.46. The van der Waals surface area contributed by atoms with Crippen LogP contribution in [0.4, 0.5) is 0 Å². The van der Waals surface area contributed by atoms with Crippen molar-refractivity contribution in [2.75, 3.05) is 34.9 Å². The molecule has 1 saturated heterocycles. The Kier molecular flexibility index (Phi) is 10.8. The van der Waals surface area contributed by atoms with E-state index in [-0.39, 0.29) is 55.1 Å². The molecule has 11 nitrogen and oxygen atoms in total. The third-order valence-corrected chi connectivity index (χ3v) is 10.6. The van der Waals surface area contributed by atoms with Gasteiger partial charge in [0, 0.05) is 74.6 Å². The van der Waals surface area contributed by atoms with Crippen molar-refractivity contribution in [3.8, 4) is 11.5 Å². The average molecular weight is 688 g/mol.